The van der Waals surface area contributed by atoms with E-state index in [4.69, 9.17) is 0 Å². The molecular weight excluding hydrogens is 174 g/mol. The van der Waals surface area contributed by atoms with Gasteiger partial charge in [-0.2, -0.15) is 5.10 Å². The second-order valence-electron chi connectivity index (χ2n) is 3.00. The minimum absolute atomic E-state index is 0.860. The van der Waals surface area contributed by atoms with Crippen molar-refractivity contribution in [1.29, 1.82) is 0 Å². The van der Waals surface area contributed by atoms with Crippen LogP contribution in [-0.2, 0) is 6.54 Å². The lowest BCUT2D eigenvalue weighted by atomic mass is 10.3. The first-order chi connectivity index (χ1) is 6.95. The first-order valence-corrected chi connectivity index (χ1v) is 4.62. The molecule has 0 aliphatic rings. The van der Waals surface area contributed by atoms with Crippen molar-refractivity contribution in [2.24, 2.45) is 0 Å². The van der Waals surface area contributed by atoms with Gasteiger partial charge >= 0.3 is 0 Å². The van der Waals surface area contributed by atoms with Gasteiger partial charge < -0.3 is 5.32 Å². The Bertz CT molecular complexity index is 353. The Labute approximate surface area is 83.4 Å². The van der Waals surface area contributed by atoms with Crippen molar-refractivity contribution in [3.05, 3.63) is 48.8 Å². The Morgan fingerprint density at radius 2 is 2.14 bits per heavy atom. The summed E-state index contributed by atoms with van der Waals surface area (Å²) in [6.45, 7) is 1.73. The Hall–Kier alpha value is -1.77. The van der Waals surface area contributed by atoms with Gasteiger partial charge in [-0.3, -0.25) is 4.68 Å². The topological polar surface area (TPSA) is 29.9 Å². The molecule has 1 aromatic carbocycles. The first kappa shape index (κ1) is 8.81. The number of rotatable bonds is 4. The van der Waals surface area contributed by atoms with Gasteiger partial charge in [0.1, 0.15) is 0 Å². The van der Waals surface area contributed by atoms with Crippen molar-refractivity contribution in [1.82, 2.24) is 9.78 Å². The maximum Gasteiger partial charge on any atom is 0.0582 e. The minimum Gasteiger partial charge on any atom is -0.383 e. The Morgan fingerprint density at radius 3 is 2.86 bits per heavy atom. The smallest absolute Gasteiger partial charge is 0.0582 e. The Balaban J connectivity index is 1.79. The number of nitrogens with zero attached hydrogens (tertiary/aromatic N) is 2. The zero-order chi connectivity index (χ0) is 9.64. The van der Waals surface area contributed by atoms with Crippen LogP contribution < -0.4 is 5.32 Å². The lowest BCUT2D eigenvalue weighted by Gasteiger charge is -2.05. The van der Waals surface area contributed by atoms with Gasteiger partial charge in [0.25, 0.3) is 0 Å². The predicted molar refractivity (Wildman–Crippen MR) is 56.0 cm³/mol. The quantitative estimate of drug-likeness (QED) is 0.789. The van der Waals surface area contributed by atoms with Crippen LogP contribution in [0.3, 0.4) is 0 Å². The molecular formula is C11H12N3. The summed E-state index contributed by atoms with van der Waals surface area (Å²) in [7, 11) is 0. The highest BCUT2D eigenvalue weighted by Gasteiger charge is 1.91. The van der Waals surface area contributed by atoms with E-state index in [-0.39, 0.29) is 0 Å². The van der Waals surface area contributed by atoms with Crippen LogP contribution in [0.15, 0.2) is 42.7 Å². The fourth-order valence-electron chi connectivity index (χ4n) is 1.25. The van der Waals surface area contributed by atoms with E-state index in [1.807, 2.05) is 29.1 Å². The number of hydrogen-bond acceptors (Lipinski definition) is 2. The van der Waals surface area contributed by atoms with Gasteiger partial charge in [0.15, 0.2) is 0 Å². The summed E-state index contributed by atoms with van der Waals surface area (Å²) >= 11 is 0. The zero-order valence-electron chi connectivity index (χ0n) is 7.85. The van der Waals surface area contributed by atoms with Crippen molar-refractivity contribution in [3.8, 4) is 0 Å². The summed E-state index contributed by atoms with van der Waals surface area (Å²) in [4.78, 5) is 0. The Morgan fingerprint density at radius 1 is 1.29 bits per heavy atom. The van der Waals surface area contributed by atoms with E-state index in [2.05, 4.69) is 28.6 Å². The van der Waals surface area contributed by atoms with Crippen molar-refractivity contribution in [2.75, 3.05) is 11.9 Å². The van der Waals surface area contributed by atoms with E-state index in [9.17, 15) is 0 Å². The molecule has 71 valence electrons. The molecule has 0 saturated heterocycles. The molecule has 0 fully saturated rings. The van der Waals surface area contributed by atoms with E-state index >= 15 is 0 Å². The lowest BCUT2D eigenvalue weighted by Crippen LogP contribution is -2.10. The van der Waals surface area contributed by atoms with Crippen LogP contribution in [0, 0.1) is 6.07 Å². The predicted octanol–water partition coefficient (Wildman–Crippen LogP) is 1.80. The van der Waals surface area contributed by atoms with Gasteiger partial charge in [0.2, 0.25) is 0 Å². The van der Waals surface area contributed by atoms with Gasteiger partial charge in [-0.25, -0.2) is 0 Å². The fraction of sp³-hybridized carbons (Fsp3) is 0.182. The third-order valence-electron chi connectivity index (χ3n) is 1.95. The number of nitrogens with one attached hydrogen (secondary N) is 1. The summed E-state index contributed by atoms with van der Waals surface area (Å²) < 4.78 is 1.86. The average Bonchev–Trinajstić information content (AvgIpc) is 2.72. The maximum atomic E-state index is 4.07. The monoisotopic (exact) mass is 186 g/mol. The molecule has 1 radical (unpaired) electrons. The van der Waals surface area contributed by atoms with Gasteiger partial charge in [-0.05, 0) is 12.1 Å². The molecule has 0 aliphatic heterocycles. The SMILES string of the molecule is [c]1cnn(CCNc2ccccc2)c1. The summed E-state index contributed by atoms with van der Waals surface area (Å²) in [5, 5.41) is 7.38. The normalized spacial score (nSPS) is 10.0. The molecule has 14 heavy (non-hydrogen) atoms. The molecule has 0 amide bonds. The van der Waals surface area contributed by atoms with Crippen molar-refractivity contribution in [2.45, 2.75) is 6.54 Å². The van der Waals surface area contributed by atoms with E-state index in [1.54, 1.807) is 6.20 Å². The van der Waals surface area contributed by atoms with Gasteiger partial charge in [-0.1, -0.05) is 18.2 Å². The molecule has 1 heterocycles. The lowest BCUT2D eigenvalue weighted by molar-refractivity contribution is 0.638. The number of anilines is 1. The molecule has 3 nitrogen and oxygen atoms in total. The molecule has 0 saturated carbocycles. The molecule has 2 rings (SSSR count). The molecule has 2 aromatic rings. The molecule has 3 heteroatoms. The first-order valence-electron chi connectivity index (χ1n) is 4.62. The van der Waals surface area contributed by atoms with Crippen LogP contribution in [0.1, 0.15) is 0 Å². The third kappa shape index (κ3) is 2.36. The van der Waals surface area contributed by atoms with Crippen LogP contribution >= 0.6 is 0 Å². The molecule has 0 spiro atoms. The molecule has 0 unspecified atom stereocenters. The second-order valence-corrected chi connectivity index (χ2v) is 3.00. The number of aromatic nitrogens is 2. The molecule has 0 bridgehead atoms. The molecule has 1 aromatic heterocycles. The minimum atomic E-state index is 0.860. The molecule has 0 aliphatic carbocycles. The summed E-state index contributed by atoms with van der Waals surface area (Å²) in [6.07, 6.45) is 3.51. The van der Waals surface area contributed by atoms with Crippen LogP contribution in [0.25, 0.3) is 0 Å². The van der Waals surface area contributed by atoms with Crippen LogP contribution in [0.5, 0.6) is 0 Å². The standard InChI is InChI=1S/C11H12N3/c1-2-5-11(6-3-1)12-8-10-14-9-4-7-13-14/h1-3,5-7,9,12H,8,10H2. The van der Waals surface area contributed by atoms with Crippen LogP contribution in [0.4, 0.5) is 5.69 Å². The van der Waals surface area contributed by atoms with Crippen molar-refractivity contribution >= 4 is 5.69 Å². The molecule has 1 N–H and O–H groups in total. The summed E-state index contributed by atoms with van der Waals surface area (Å²) in [5.74, 6) is 0. The molecule has 0 atom stereocenters. The van der Waals surface area contributed by atoms with E-state index in [1.165, 1.54) is 0 Å². The highest BCUT2D eigenvalue weighted by atomic mass is 15.3. The van der Waals surface area contributed by atoms with E-state index in [0.29, 0.717) is 0 Å². The zero-order valence-corrected chi connectivity index (χ0v) is 7.85. The van der Waals surface area contributed by atoms with Gasteiger partial charge in [-0.15, -0.1) is 0 Å². The van der Waals surface area contributed by atoms with Crippen LogP contribution in [-0.4, -0.2) is 16.3 Å². The number of para-hydroxylation sites is 1. The van der Waals surface area contributed by atoms with Crippen LogP contribution in [0.2, 0.25) is 0 Å². The highest BCUT2D eigenvalue weighted by molar-refractivity contribution is 5.42. The van der Waals surface area contributed by atoms with Crippen molar-refractivity contribution in [3.63, 3.8) is 0 Å². The average molecular weight is 186 g/mol. The summed E-state index contributed by atoms with van der Waals surface area (Å²) in [6, 6.07) is 13.0. The summed E-state index contributed by atoms with van der Waals surface area (Å²) in [5.41, 5.74) is 1.14. The van der Waals surface area contributed by atoms with E-state index < -0.39 is 0 Å². The Kier molecular flexibility index (Phi) is 2.81. The van der Waals surface area contributed by atoms with Crippen molar-refractivity contribution < 1.29 is 0 Å². The highest BCUT2D eigenvalue weighted by Crippen LogP contribution is 2.03. The van der Waals surface area contributed by atoms with Gasteiger partial charge in [0, 0.05) is 24.5 Å². The van der Waals surface area contributed by atoms with E-state index in [0.717, 1.165) is 18.8 Å². The number of hydrogen-bond donors (Lipinski definition) is 1. The fourth-order valence-corrected chi connectivity index (χ4v) is 1.25. The number of benzene rings is 1. The second kappa shape index (κ2) is 4.46. The van der Waals surface area contributed by atoms with Gasteiger partial charge in [0.05, 0.1) is 12.7 Å². The maximum absolute atomic E-state index is 4.07. The third-order valence-corrected chi connectivity index (χ3v) is 1.95. The largest absolute Gasteiger partial charge is 0.383 e.